The molecule has 3 heteroatoms. The van der Waals surface area contributed by atoms with E-state index in [0.29, 0.717) is 12.7 Å². The van der Waals surface area contributed by atoms with Crippen LogP contribution in [0, 0.1) is 0 Å². The molecule has 2 nitrogen and oxygen atoms in total. The zero-order chi connectivity index (χ0) is 4.99. The summed E-state index contributed by atoms with van der Waals surface area (Å²) < 4.78 is 0. The van der Waals surface area contributed by atoms with Crippen LogP contribution in [0.15, 0.2) is 0 Å². The molecule has 0 aliphatic heterocycles. The van der Waals surface area contributed by atoms with Gasteiger partial charge in [-0.15, -0.1) is 0 Å². The van der Waals surface area contributed by atoms with Gasteiger partial charge in [-0.3, -0.25) is 9.59 Å². The zero-order valence-corrected chi connectivity index (χ0v) is 3.60. The Labute approximate surface area is 85.1 Å². The van der Waals surface area contributed by atoms with E-state index in [9.17, 15) is 9.59 Å². The molecule has 0 spiro atoms. The second kappa shape index (κ2) is 6.98. The molecule has 0 radical (unpaired) electrons. The number of carbonyl (C=O) groups is 2. The van der Waals surface area contributed by atoms with Crippen LogP contribution in [0.2, 0.25) is 0 Å². The Morgan fingerprint density at radius 1 is 1.71 bits per heavy atom. The third kappa shape index (κ3) is 6.98. The molecule has 0 rings (SSSR count). The molecule has 7 heavy (non-hydrogen) atoms. The fourth-order valence-electron chi connectivity index (χ4n) is 0.0833. The molecule has 0 saturated heterocycles. The van der Waals surface area contributed by atoms with Crippen molar-refractivity contribution in [3.8, 4) is 0 Å². The van der Waals surface area contributed by atoms with Crippen LogP contribution in [0.3, 0.4) is 0 Å². The molecule has 0 unspecified atom stereocenters. The van der Waals surface area contributed by atoms with Gasteiger partial charge in [-0.25, -0.2) is 0 Å². The summed E-state index contributed by atoms with van der Waals surface area (Å²) in [6.45, 7) is 1.65. The Morgan fingerprint density at radius 2 is 2.14 bits per heavy atom. The third-order valence-electron chi connectivity index (χ3n) is 0.480. The van der Waals surface area contributed by atoms with Crippen molar-refractivity contribution < 1.29 is 9.59 Å². The zero-order valence-electron chi connectivity index (χ0n) is 3.60. The molecule has 0 aromatic heterocycles. The molecule has 0 atom stereocenters. The van der Waals surface area contributed by atoms with Crippen molar-refractivity contribution in [2.75, 3.05) is 0 Å². The quantitative estimate of drug-likeness (QED) is 0.284. The molecule has 0 amide bonds. The van der Waals surface area contributed by atoms with Crippen LogP contribution in [0.5, 0.6) is 0 Å². The van der Waals surface area contributed by atoms with Gasteiger partial charge in [0.05, 0.1) is 0 Å². The molecule has 0 aromatic rings. The minimum atomic E-state index is -0.338. The number of aldehydes is 1. The van der Waals surface area contributed by atoms with Crippen molar-refractivity contribution >= 4 is 63.5 Å². The van der Waals surface area contributed by atoms with Gasteiger partial charge in [-0.2, -0.15) is 0 Å². The normalized spacial score (nSPS) is 6.43. The van der Waals surface area contributed by atoms with Gasteiger partial charge in [0.1, 0.15) is 0 Å². The number of Topliss-reactive ketones (excluding diaryl/α,β-unsaturated/α-hetero) is 1. The summed E-state index contributed by atoms with van der Waals surface area (Å²) in [7, 11) is 0. The van der Waals surface area contributed by atoms with E-state index < -0.39 is 0 Å². The van der Waals surface area contributed by atoms with Gasteiger partial charge in [-0.05, 0) is 0 Å². The molecule has 36 valence electrons. The average molecular weight is 126 g/mol. The number of rotatable bonds is 2. The van der Waals surface area contributed by atoms with Gasteiger partial charge in [-0.1, -0.05) is 6.92 Å². The summed E-state index contributed by atoms with van der Waals surface area (Å²) in [6, 6.07) is 0. The van der Waals surface area contributed by atoms with Gasteiger partial charge < -0.3 is 0 Å². The van der Waals surface area contributed by atoms with E-state index in [-0.39, 0.29) is 57.2 Å². The Hall–Kier alpha value is 0.976. The van der Waals surface area contributed by atoms with Crippen molar-refractivity contribution in [2.45, 2.75) is 13.3 Å². The van der Waals surface area contributed by atoms with Crippen molar-refractivity contribution in [2.24, 2.45) is 0 Å². The Balaban J connectivity index is 0. The van der Waals surface area contributed by atoms with Crippen LogP contribution >= 0.6 is 0 Å². The van der Waals surface area contributed by atoms with Gasteiger partial charge in [0, 0.05) is 6.42 Å². The monoisotopic (exact) mass is 126 g/mol. The number of hydrogen-bond donors (Lipinski definition) is 0. The first-order chi connectivity index (χ1) is 2.81. The van der Waals surface area contributed by atoms with Crippen LogP contribution in [0.25, 0.3) is 0 Å². The van der Waals surface area contributed by atoms with E-state index in [1.165, 1.54) is 0 Å². The summed E-state index contributed by atoms with van der Waals surface area (Å²) in [5.74, 6) is -0.338. The van der Waals surface area contributed by atoms with Crippen LogP contribution in [-0.4, -0.2) is 63.5 Å². The van der Waals surface area contributed by atoms with Crippen molar-refractivity contribution in [3.05, 3.63) is 0 Å². The van der Waals surface area contributed by atoms with Gasteiger partial charge in [0.25, 0.3) is 0 Å². The van der Waals surface area contributed by atoms with E-state index in [4.69, 9.17) is 0 Å². The molecule has 0 aromatic carbocycles. The summed E-state index contributed by atoms with van der Waals surface area (Å²) in [4.78, 5) is 19.2. The predicted molar refractivity (Wildman–Crippen MR) is 28.5 cm³/mol. The summed E-state index contributed by atoms with van der Waals surface area (Å²) in [5.41, 5.74) is 0. The first-order valence-electron chi connectivity index (χ1n) is 1.79. The van der Waals surface area contributed by atoms with E-state index in [0.717, 1.165) is 0 Å². The molecule has 0 bridgehead atoms. The standard InChI is InChI=1S/C4H6O2.K.H/c1-2-4(6)3-5;;/h3H,2H2,1H3;;. The molecular formula is C4H7KO2. The molecule has 0 N–H and O–H groups in total. The van der Waals surface area contributed by atoms with Gasteiger partial charge >= 0.3 is 51.4 Å². The topological polar surface area (TPSA) is 34.1 Å². The summed E-state index contributed by atoms with van der Waals surface area (Å²) in [6.07, 6.45) is 0.656. The fraction of sp³-hybridized carbons (Fsp3) is 0.500. The van der Waals surface area contributed by atoms with Gasteiger partial charge in [0.15, 0.2) is 12.1 Å². The maximum atomic E-state index is 9.81. The first kappa shape index (κ1) is 10.9. The van der Waals surface area contributed by atoms with Crippen molar-refractivity contribution in [1.29, 1.82) is 0 Å². The van der Waals surface area contributed by atoms with Crippen LogP contribution in [0.1, 0.15) is 13.3 Å². The van der Waals surface area contributed by atoms with E-state index >= 15 is 0 Å². The predicted octanol–water partition coefficient (Wildman–Crippen LogP) is -0.484. The average Bonchev–Trinajstić information content (AvgIpc) is 1.65. The molecule has 0 aliphatic carbocycles. The number of carbonyl (C=O) groups excluding carboxylic acids is 2. The summed E-state index contributed by atoms with van der Waals surface area (Å²) in [5, 5.41) is 0. The molecule has 0 saturated carbocycles. The molecule has 0 fully saturated rings. The van der Waals surface area contributed by atoms with Crippen molar-refractivity contribution in [3.63, 3.8) is 0 Å². The van der Waals surface area contributed by atoms with E-state index in [1.807, 2.05) is 0 Å². The van der Waals surface area contributed by atoms with Crippen LogP contribution in [0.4, 0.5) is 0 Å². The molecule has 0 heterocycles. The van der Waals surface area contributed by atoms with Crippen LogP contribution < -0.4 is 0 Å². The Bertz CT molecular complexity index is 70.1. The maximum absolute atomic E-state index is 9.81. The van der Waals surface area contributed by atoms with E-state index in [2.05, 4.69) is 0 Å². The second-order valence-electron chi connectivity index (χ2n) is 0.938. The minimum absolute atomic E-state index is 0. The molecular weight excluding hydrogens is 119 g/mol. The Kier molecular flexibility index (Phi) is 10.8. The first-order valence-corrected chi connectivity index (χ1v) is 1.79. The summed E-state index contributed by atoms with van der Waals surface area (Å²) >= 11 is 0. The number of hydrogen-bond acceptors (Lipinski definition) is 2. The van der Waals surface area contributed by atoms with E-state index in [1.54, 1.807) is 6.92 Å². The second-order valence-corrected chi connectivity index (χ2v) is 0.938. The SMILES string of the molecule is CCC(=O)C=O.[KH]. The number of ketones is 1. The van der Waals surface area contributed by atoms with Crippen LogP contribution in [-0.2, 0) is 9.59 Å². The Morgan fingerprint density at radius 3 is 2.14 bits per heavy atom. The van der Waals surface area contributed by atoms with Crippen molar-refractivity contribution in [1.82, 2.24) is 0 Å². The molecule has 0 aliphatic rings. The van der Waals surface area contributed by atoms with Gasteiger partial charge in [0.2, 0.25) is 0 Å². The fourth-order valence-corrected chi connectivity index (χ4v) is 0.0833. The third-order valence-corrected chi connectivity index (χ3v) is 0.480.